The number of amides is 1. The normalized spacial score (nSPS) is 20.8. The van der Waals surface area contributed by atoms with Crippen molar-refractivity contribution in [1.82, 2.24) is 10.0 Å². The van der Waals surface area contributed by atoms with E-state index in [0.29, 0.717) is 6.61 Å². The van der Waals surface area contributed by atoms with Crippen molar-refractivity contribution in [3.8, 4) is 0 Å². The Morgan fingerprint density at radius 2 is 1.80 bits per heavy atom. The number of benzene rings is 1. The summed E-state index contributed by atoms with van der Waals surface area (Å²) in [5.41, 5.74) is 0.744. The van der Waals surface area contributed by atoms with Crippen molar-refractivity contribution >= 4 is 22.5 Å². The van der Waals surface area contributed by atoms with Gasteiger partial charge >= 0.3 is 0 Å². The fraction of sp³-hybridized carbons (Fsp3) is 0.600. The number of hydroxylamine groups is 2. The summed E-state index contributed by atoms with van der Waals surface area (Å²) in [5.74, 6) is 0.0692. The lowest BCUT2D eigenvalue weighted by Gasteiger charge is -2.52. The standard InChI is InChI=1S/C25H37N3O2/c1-18(2)25(7,17-30-28-23(3,4)14-10-15-24(28,5)6)22(29)27-20-13-8-11-19-12-9-16-26-21(19)20/h8-9,11-13,16,18H,10,14-15,17H2,1-7H3,(H,27,29). The second-order valence-electron chi connectivity index (χ2n) is 10.5. The predicted octanol–water partition coefficient (Wildman–Crippen LogP) is 5.81. The van der Waals surface area contributed by atoms with Crippen molar-refractivity contribution in [3.05, 3.63) is 36.5 Å². The van der Waals surface area contributed by atoms with Gasteiger partial charge in [-0.1, -0.05) is 32.0 Å². The van der Waals surface area contributed by atoms with E-state index in [9.17, 15) is 4.79 Å². The molecule has 1 aromatic carbocycles. The van der Waals surface area contributed by atoms with E-state index in [1.807, 2.05) is 37.3 Å². The zero-order valence-corrected chi connectivity index (χ0v) is 19.6. The number of piperidine rings is 1. The van der Waals surface area contributed by atoms with Gasteiger partial charge in [0.25, 0.3) is 0 Å². The summed E-state index contributed by atoms with van der Waals surface area (Å²) in [4.78, 5) is 24.4. The van der Waals surface area contributed by atoms with Crippen LogP contribution in [0.25, 0.3) is 10.9 Å². The summed E-state index contributed by atoms with van der Waals surface area (Å²) in [6, 6.07) is 9.77. The molecule has 3 rings (SSSR count). The third kappa shape index (κ3) is 4.37. The summed E-state index contributed by atoms with van der Waals surface area (Å²) in [5, 5.41) is 6.28. The van der Waals surface area contributed by atoms with Gasteiger partial charge in [0.2, 0.25) is 5.91 Å². The van der Waals surface area contributed by atoms with Gasteiger partial charge in [-0.25, -0.2) is 0 Å². The number of nitrogens with one attached hydrogen (secondary N) is 1. The largest absolute Gasteiger partial charge is 0.324 e. The molecule has 1 fully saturated rings. The molecular formula is C25H37N3O2. The van der Waals surface area contributed by atoms with E-state index in [4.69, 9.17) is 4.84 Å². The maximum absolute atomic E-state index is 13.5. The maximum atomic E-state index is 13.5. The van der Waals surface area contributed by atoms with Crippen LogP contribution in [-0.4, -0.2) is 33.6 Å². The second kappa shape index (κ2) is 8.27. The molecule has 0 bridgehead atoms. The van der Waals surface area contributed by atoms with E-state index in [2.05, 4.69) is 56.9 Å². The lowest BCUT2D eigenvalue weighted by Crippen LogP contribution is -2.59. The number of pyridine rings is 1. The molecule has 164 valence electrons. The highest BCUT2D eigenvalue weighted by Gasteiger charge is 2.45. The lowest BCUT2D eigenvalue weighted by molar-refractivity contribution is -0.292. The number of aromatic nitrogens is 1. The fourth-order valence-electron chi connectivity index (χ4n) is 4.49. The number of rotatable bonds is 6. The molecule has 1 N–H and O–H groups in total. The predicted molar refractivity (Wildman–Crippen MR) is 123 cm³/mol. The van der Waals surface area contributed by atoms with Gasteiger partial charge in [0.15, 0.2) is 0 Å². The first-order chi connectivity index (χ1) is 14.0. The third-order valence-corrected chi connectivity index (χ3v) is 6.84. The van der Waals surface area contributed by atoms with Gasteiger partial charge in [0, 0.05) is 22.7 Å². The SMILES string of the molecule is CC(C)C(C)(CON1C(C)(C)CCCC1(C)C)C(=O)Nc1cccc2cccnc12. The number of para-hydroxylation sites is 1. The van der Waals surface area contributed by atoms with Crippen LogP contribution in [0, 0.1) is 11.3 Å². The zero-order valence-electron chi connectivity index (χ0n) is 19.6. The molecule has 1 unspecified atom stereocenters. The quantitative estimate of drug-likeness (QED) is 0.652. The fourth-order valence-corrected chi connectivity index (χ4v) is 4.49. The molecule has 1 atom stereocenters. The first-order valence-electron chi connectivity index (χ1n) is 11.1. The Hall–Kier alpha value is -1.98. The monoisotopic (exact) mass is 411 g/mol. The van der Waals surface area contributed by atoms with E-state index >= 15 is 0 Å². The average molecular weight is 412 g/mol. The molecule has 0 radical (unpaired) electrons. The summed E-state index contributed by atoms with van der Waals surface area (Å²) >= 11 is 0. The molecular weight excluding hydrogens is 374 g/mol. The van der Waals surface area contributed by atoms with Crippen LogP contribution in [0.4, 0.5) is 5.69 Å². The Bertz CT molecular complexity index is 885. The van der Waals surface area contributed by atoms with Crippen molar-refractivity contribution in [1.29, 1.82) is 0 Å². The van der Waals surface area contributed by atoms with E-state index in [1.54, 1.807) is 6.20 Å². The minimum absolute atomic E-state index is 0.0386. The molecule has 0 aliphatic carbocycles. The van der Waals surface area contributed by atoms with Crippen molar-refractivity contribution in [3.63, 3.8) is 0 Å². The van der Waals surface area contributed by atoms with Gasteiger partial charge in [0.1, 0.15) is 0 Å². The lowest BCUT2D eigenvalue weighted by atomic mass is 9.78. The smallest absolute Gasteiger partial charge is 0.233 e. The van der Waals surface area contributed by atoms with Crippen molar-refractivity contribution < 1.29 is 9.63 Å². The average Bonchev–Trinajstić information content (AvgIpc) is 2.66. The Kier molecular flexibility index (Phi) is 6.26. The van der Waals surface area contributed by atoms with Crippen LogP contribution in [-0.2, 0) is 9.63 Å². The van der Waals surface area contributed by atoms with Crippen molar-refractivity contribution in [2.75, 3.05) is 11.9 Å². The van der Waals surface area contributed by atoms with Crippen LogP contribution in [0.15, 0.2) is 36.5 Å². The molecule has 1 amide bonds. The molecule has 2 aromatic rings. The highest BCUT2D eigenvalue weighted by atomic mass is 16.7. The third-order valence-electron chi connectivity index (χ3n) is 6.84. The topological polar surface area (TPSA) is 54.5 Å². The maximum Gasteiger partial charge on any atom is 0.233 e. The molecule has 2 heterocycles. The summed E-state index contributed by atoms with van der Waals surface area (Å²) < 4.78 is 0. The molecule has 1 aliphatic heterocycles. The molecule has 5 heteroatoms. The molecule has 1 aliphatic rings. The zero-order chi connectivity index (χ0) is 22.2. The summed E-state index contributed by atoms with van der Waals surface area (Å²) in [6.45, 7) is 15.4. The van der Waals surface area contributed by atoms with Crippen LogP contribution >= 0.6 is 0 Å². The highest BCUT2D eigenvalue weighted by molar-refractivity contribution is 6.02. The number of carbonyl (C=O) groups excluding carboxylic acids is 1. The number of nitrogens with zero attached hydrogens (tertiary/aromatic N) is 2. The Labute approximate surface area is 181 Å². The van der Waals surface area contributed by atoms with Crippen LogP contribution < -0.4 is 5.32 Å². The van der Waals surface area contributed by atoms with E-state index in [0.717, 1.165) is 29.4 Å². The first-order valence-corrected chi connectivity index (χ1v) is 11.1. The van der Waals surface area contributed by atoms with E-state index in [-0.39, 0.29) is 22.9 Å². The van der Waals surface area contributed by atoms with Gasteiger partial charge in [0.05, 0.1) is 23.2 Å². The Balaban J connectivity index is 1.82. The van der Waals surface area contributed by atoms with Crippen LogP contribution in [0.5, 0.6) is 0 Å². The van der Waals surface area contributed by atoms with Gasteiger partial charge in [-0.3, -0.25) is 14.6 Å². The molecule has 0 spiro atoms. The van der Waals surface area contributed by atoms with E-state index in [1.165, 1.54) is 6.42 Å². The minimum atomic E-state index is -0.680. The second-order valence-corrected chi connectivity index (χ2v) is 10.5. The number of anilines is 1. The molecule has 1 saturated heterocycles. The van der Waals surface area contributed by atoms with Gasteiger partial charge in [-0.2, -0.15) is 5.06 Å². The Morgan fingerprint density at radius 1 is 1.17 bits per heavy atom. The van der Waals surface area contributed by atoms with Gasteiger partial charge < -0.3 is 5.32 Å². The Morgan fingerprint density at radius 3 is 2.43 bits per heavy atom. The number of carbonyl (C=O) groups is 1. The van der Waals surface area contributed by atoms with Gasteiger partial charge in [-0.05, 0) is 71.9 Å². The number of hydrogen-bond acceptors (Lipinski definition) is 4. The number of hydrogen-bond donors (Lipinski definition) is 1. The molecule has 1 aromatic heterocycles. The van der Waals surface area contributed by atoms with Crippen LogP contribution in [0.3, 0.4) is 0 Å². The van der Waals surface area contributed by atoms with Crippen molar-refractivity contribution in [2.24, 2.45) is 11.3 Å². The minimum Gasteiger partial charge on any atom is -0.324 e. The summed E-state index contributed by atoms with van der Waals surface area (Å²) in [6.07, 6.45) is 5.12. The van der Waals surface area contributed by atoms with E-state index < -0.39 is 5.41 Å². The van der Waals surface area contributed by atoms with Gasteiger partial charge in [-0.15, -0.1) is 0 Å². The molecule has 0 saturated carbocycles. The van der Waals surface area contributed by atoms with Crippen LogP contribution in [0.2, 0.25) is 0 Å². The number of fused-ring (bicyclic) bond motifs is 1. The first kappa shape index (κ1) is 22.7. The van der Waals surface area contributed by atoms with Crippen molar-refractivity contribution in [2.45, 2.75) is 78.8 Å². The summed E-state index contributed by atoms with van der Waals surface area (Å²) in [7, 11) is 0. The molecule has 5 nitrogen and oxygen atoms in total. The highest BCUT2D eigenvalue weighted by Crippen LogP contribution is 2.40. The molecule has 30 heavy (non-hydrogen) atoms. The van der Waals surface area contributed by atoms with Crippen LogP contribution in [0.1, 0.15) is 67.7 Å².